The Bertz CT molecular complexity index is 1990. The third kappa shape index (κ3) is 9.96. The maximum Gasteiger partial charge on any atom is 0.0882 e. The Kier molecular flexibility index (Phi) is 12.9. The first-order valence-electron chi connectivity index (χ1n) is 18.9. The van der Waals surface area contributed by atoms with Crippen molar-refractivity contribution in [2.45, 2.75) is 56.7 Å². The van der Waals surface area contributed by atoms with Crippen LogP contribution in [0.5, 0.6) is 0 Å². The van der Waals surface area contributed by atoms with Crippen LogP contribution in [0.25, 0.3) is 18.2 Å². The van der Waals surface area contributed by atoms with E-state index in [2.05, 4.69) is 226 Å². The van der Waals surface area contributed by atoms with E-state index in [0.717, 1.165) is 19.3 Å². The number of benzene rings is 6. The van der Waals surface area contributed by atoms with Gasteiger partial charge in [0.05, 0.1) is 8.07 Å². The average molecular weight is 693 g/mol. The highest BCUT2D eigenvalue weighted by atomic mass is 28.3. The molecule has 52 heavy (non-hydrogen) atoms. The Labute approximate surface area is 314 Å². The van der Waals surface area contributed by atoms with E-state index in [-0.39, 0.29) is 0 Å². The Morgan fingerprint density at radius 2 is 0.788 bits per heavy atom. The fourth-order valence-corrected chi connectivity index (χ4v) is 10.6. The SMILES string of the molecule is CC(C/C=C\c1cc(/C=C\CC(c2ccccc2)c2ccccc2)cc(/C=C\CC(c2ccccc2)[Si](C)(C)c2ccccc2)c1)c1ccccc1. The zero-order chi connectivity index (χ0) is 36.0. The summed E-state index contributed by atoms with van der Waals surface area (Å²) in [5.74, 6) is 0.785. The van der Waals surface area contributed by atoms with Gasteiger partial charge in [-0.1, -0.05) is 213 Å². The van der Waals surface area contributed by atoms with E-state index in [1.807, 2.05) is 0 Å². The normalized spacial score (nSPS) is 13.3. The van der Waals surface area contributed by atoms with Crippen molar-refractivity contribution in [2.75, 3.05) is 0 Å². The molecule has 0 saturated carbocycles. The van der Waals surface area contributed by atoms with Crippen LogP contribution in [-0.4, -0.2) is 8.07 Å². The van der Waals surface area contributed by atoms with Gasteiger partial charge in [-0.05, 0) is 87.9 Å². The molecule has 0 nitrogen and oxygen atoms in total. The first-order valence-corrected chi connectivity index (χ1v) is 21.9. The maximum absolute atomic E-state index is 2.52. The van der Waals surface area contributed by atoms with Crippen molar-refractivity contribution < 1.29 is 0 Å². The van der Waals surface area contributed by atoms with E-state index >= 15 is 0 Å². The molecular weight excluding hydrogens is 641 g/mol. The van der Waals surface area contributed by atoms with Gasteiger partial charge in [-0.2, -0.15) is 0 Å². The third-order valence-corrected chi connectivity index (χ3v) is 14.7. The van der Waals surface area contributed by atoms with Crippen molar-refractivity contribution in [1.29, 1.82) is 0 Å². The first kappa shape index (κ1) is 36.5. The van der Waals surface area contributed by atoms with Crippen LogP contribution in [0, 0.1) is 0 Å². The second kappa shape index (κ2) is 18.3. The van der Waals surface area contributed by atoms with Crippen LogP contribution < -0.4 is 5.19 Å². The molecule has 0 aliphatic heterocycles. The van der Waals surface area contributed by atoms with Gasteiger partial charge in [-0.15, -0.1) is 0 Å². The standard InChI is InChI=1S/C51H52Si/c1-41(45-26-9-4-10-27-45)22-19-23-42-38-43(24-20-36-50(46-28-11-5-12-29-46)47-30-13-6-14-31-47)40-44(39-42)25-21-37-51(48-32-15-7-16-33-48)52(2,3)49-34-17-8-18-35-49/h4-21,23-35,38-41,50-51H,22,36-37H2,1-3H3/b23-19-,24-20-,25-21-. The summed E-state index contributed by atoms with van der Waals surface area (Å²) in [5.41, 5.74) is 9.71. The Balaban J connectivity index is 1.27. The highest BCUT2D eigenvalue weighted by Gasteiger charge is 2.33. The molecule has 0 aromatic heterocycles. The summed E-state index contributed by atoms with van der Waals surface area (Å²) in [4.78, 5) is 0. The van der Waals surface area contributed by atoms with Crippen LogP contribution in [0.1, 0.15) is 82.5 Å². The summed E-state index contributed by atoms with van der Waals surface area (Å²) in [6, 6.07) is 62.0. The largest absolute Gasteiger partial charge is 0.0882 e. The second-order valence-electron chi connectivity index (χ2n) is 14.6. The van der Waals surface area contributed by atoms with Crippen LogP contribution in [0.15, 0.2) is 188 Å². The molecule has 0 aliphatic carbocycles. The van der Waals surface area contributed by atoms with E-state index < -0.39 is 8.07 Å². The molecule has 0 saturated heterocycles. The molecule has 2 unspecified atom stereocenters. The van der Waals surface area contributed by atoms with E-state index in [4.69, 9.17) is 0 Å². The molecule has 0 fully saturated rings. The summed E-state index contributed by atoms with van der Waals surface area (Å²) in [6.07, 6.45) is 17.0. The number of rotatable bonds is 15. The Morgan fingerprint density at radius 1 is 0.423 bits per heavy atom. The van der Waals surface area contributed by atoms with Gasteiger partial charge >= 0.3 is 0 Å². The van der Waals surface area contributed by atoms with E-state index in [1.165, 1.54) is 44.1 Å². The lowest BCUT2D eigenvalue weighted by Gasteiger charge is -2.33. The highest BCUT2D eigenvalue weighted by molar-refractivity contribution is 6.90. The van der Waals surface area contributed by atoms with Gasteiger partial charge in [0, 0.05) is 5.92 Å². The van der Waals surface area contributed by atoms with Crippen LogP contribution in [0.4, 0.5) is 0 Å². The number of hydrogen-bond donors (Lipinski definition) is 0. The van der Waals surface area contributed by atoms with Gasteiger partial charge in [0.25, 0.3) is 0 Å². The van der Waals surface area contributed by atoms with Crippen LogP contribution in [-0.2, 0) is 0 Å². The summed E-state index contributed by atoms with van der Waals surface area (Å²) in [7, 11) is -1.82. The van der Waals surface area contributed by atoms with Crippen LogP contribution in [0.2, 0.25) is 13.1 Å². The lowest BCUT2D eigenvalue weighted by molar-refractivity contribution is 0.783. The molecule has 0 aliphatic rings. The summed E-state index contributed by atoms with van der Waals surface area (Å²) in [5, 5.41) is 1.51. The van der Waals surface area contributed by atoms with E-state index in [0.29, 0.717) is 17.4 Å². The molecule has 0 spiro atoms. The van der Waals surface area contributed by atoms with Crippen LogP contribution in [0.3, 0.4) is 0 Å². The minimum atomic E-state index is -1.82. The molecule has 0 N–H and O–H groups in total. The topological polar surface area (TPSA) is 0 Å². The van der Waals surface area contributed by atoms with Gasteiger partial charge in [0.2, 0.25) is 0 Å². The lowest BCUT2D eigenvalue weighted by Crippen LogP contribution is -2.47. The summed E-state index contributed by atoms with van der Waals surface area (Å²) < 4.78 is 0. The van der Waals surface area contributed by atoms with Gasteiger partial charge in [0.15, 0.2) is 0 Å². The molecule has 0 radical (unpaired) electrons. The van der Waals surface area contributed by atoms with Crippen molar-refractivity contribution in [3.05, 3.63) is 227 Å². The minimum absolute atomic E-state index is 0.313. The predicted octanol–water partition coefficient (Wildman–Crippen LogP) is 13.5. The Hall–Kier alpha value is -5.24. The fourth-order valence-electron chi connectivity index (χ4n) is 7.43. The molecule has 6 aromatic carbocycles. The highest BCUT2D eigenvalue weighted by Crippen LogP contribution is 2.32. The zero-order valence-electron chi connectivity index (χ0n) is 31.0. The molecule has 0 heterocycles. The number of hydrogen-bond acceptors (Lipinski definition) is 0. The quantitative estimate of drug-likeness (QED) is 0.0940. The van der Waals surface area contributed by atoms with Gasteiger partial charge in [-0.25, -0.2) is 0 Å². The van der Waals surface area contributed by atoms with Crippen molar-refractivity contribution in [1.82, 2.24) is 0 Å². The fraction of sp³-hybridized carbons (Fsp3) is 0.176. The average Bonchev–Trinajstić information content (AvgIpc) is 3.20. The van der Waals surface area contributed by atoms with Crippen molar-refractivity contribution in [3.8, 4) is 0 Å². The lowest BCUT2D eigenvalue weighted by atomic mass is 9.88. The zero-order valence-corrected chi connectivity index (χ0v) is 32.0. The molecule has 0 amide bonds. The summed E-state index contributed by atoms with van der Waals surface area (Å²) in [6.45, 7) is 7.36. The van der Waals surface area contributed by atoms with E-state index in [1.54, 1.807) is 0 Å². The van der Waals surface area contributed by atoms with E-state index in [9.17, 15) is 0 Å². The Morgan fingerprint density at radius 3 is 1.25 bits per heavy atom. The van der Waals surface area contributed by atoms with Crippen molar-refractivity contribution in [3.63, 3.8) is 0 Å². The monoisotopic (exact) mass is 692 g/mol. The molecule has 2 atom stereocenters. The minimum Gasteiger partial charge on any atom is -0.0836 e. The van der Waals surface area contributed by atoms with Crippen molar-refractivity contribution >= 4 is 31.5 Å². The second-order valence-corrected chi connectivity index (χ2v) is 19.3. The van der Waals surface area contributed by atoms with Crippen molar-refractivity contribution in [2.24, 2.45) is 0 Å². The third-order valence-electron chi connectivity index (χ3n) is 10.5. The molecule has 0 bridgehead atoms. The summed E-state index contributed by atoms with van der Waals surface area (Å²) >= 11 is 0. The molecule has 6 rings (SSSR count). The molecule has 260 valence electrons. The predicted molar refractivity (Wildman–Crippen MR) is 230 cm³/mol. The smallest absolute Gasteiger partial charge is 0.0836 e. The van der Waals surface area contributed by atoms with Gasteiger partial charge < -0.3 is 0 Å². The van der Waals surface area contributed by atoms with Gasteiger partial charge in [0.1, 0.15) is 0 Å². The maximum atomic E-state index is 2.52. The van der Waals surface area contributed by atoms with Crippen LogP contribution >= 0.6 is 0 Å². The van der Waals surface area contributed by atoms with Gasteiger partial charge in [-0.3, -0.25) is 0 Å². The molecule has 1 heteroatoms. The number of allylic oxidation sites excluding steroid dienone is 3. The molecule has 6 aromatic rings. The molecular formula is C51H52Si. The first-order chi connectivity index (χ1) is 25.5.